The van der Waals surface area contributed by atoms with Crippen LogP contribution in [-0.2, 0) is 10.2 Å². The molecule has 0 bridgehead atoms. The molecule has 0 radical (unpaired) electrons. The predicted molar refractivity (Wildman–Crippen MR) is 146 cm³/mol. The van der Waals surface area contributed by atoms with Gasteiger partial charge in [-0.2, -0.15) is 8.78 Å². The number of amides is 1. The number of hydrogen-bond acceptors (Lipinski definition) is 3. The fraction of sp³-hybridized carbons (Fsp3) is 0.345. The Hall–Kier alpha value is -3.06. The summed E-state index contributed by atoms with van der Waals surface area (Å²) in [4.78, 5) is 32.1. The lowest BCUT2D eigenvalue weighted by molar-refractivity contribution is 0.0564. The predicted octanol–water partition coefficient (Wildman–Crippen LogP) is 7.60. The maximum absolute atomic E-state index is 14.1. The molecule has 0 aliphatic carbocycles. The van der Waals surface area contributed by atoms with Gasteiger partial charge in [-0.1, -0.05) is 75.4 Å². The van der Waals surface area contributed by atoms with Crippen LogP contribution in [0.2, 0.25) is 0 Å². The summed E-state index contributed by atoms with van der Waals surface area (Å²) in [7, 11) is -4.31. The van der Waals surface area contributed by atoms with Crippen molar-refractivity contribution in [3.8, 4) is 16.9 Å². The molecule has 2 N–H and O–H groups in total. The van der Waals surface area contributed by atoms with Crippen LogP contribution < -0.4 is 9.64 Å². The first-order valence-corrected chi connectivity index (χ1v) is 14.3. The Kier molecular flexibility index (Phi) is 10.2. The molecule has 6 nitrogen and oxygen atoms in total. The normalized spacial score (nSPS) is 11.8. The van der Waals surface area contributed by atoms with Crippen molar-refractivity contribution in [3.05, 3.63) is 83.9 Å². The Morgan fingerprint density at radius 1 is 0.895 bits per heavy atom. The Bertz CT molecular complexity index is 1240. The molecule has 0 fully saturated rings. The van der Waals surface area contributed by atoms with Gasteiger partial charge in [0.2, 0.25) is 0 Å². The number of nitrogens with zero attached hydrogens (tertiary/aromatic N) is 1. The van der Waals surface area contributed by atoms with Crippen molar-refractivity contribution in [2.75, 3.05) is 18.6 Å². The molecule has 0 aliphatic heterocycles. The number of carbonyl (C=O) groups excluding carboxylic acids is 1. The molecular weight excluding hydrogens is 511 g/mol. The van der Waals surface area contributed by atoms with Crippen LogP contribution in [0.15, 0.2) is 72.8 Å². The van der Waals surface area contributed by atoms with E-state index >= 15 is 0 Å². The minimum Gasteiger partial charge on any atom is -0.494 e. The third kappa shape index (κ3) is 7.50. The zero-order chi connectivity index (χ0) is 27.8. The molecular formula is C29H34F2NO5P. The minimum atomic E-state index is -5.72. The van der Waals surface area contributed by atoms with E-state index in [9.17, 15) is 18.1 Å². The molecule has 0 heterocycles. The molecule has 0 unspecified atom stereocenters. The second kappa shape index (κ2) is 13.1. The molecule has 3 aromatic rings. The molecule has 38 heavy (non-hydrogen) atoms. The van der Waals surface area contributed by atoms with Crippen molar-refractivity contribution >= 4 is 19.2 Å². The summed E-state index contributed by atoms with van der Waals surface area (Å²) in [5.74, 6) is 0.355. The van der Waals surface area contributed by atoms with E-state index in [1.165, 1.54) is 51.3 Å². The molecule has 1 amide bonds. The number of hydrogen-bond donors (Lipinski definition) is 2. The molecule has 0 saturated carbocycles. The van der Waals surface area contributed by atoms with Crippen LogP contribution in [0.1, 0.15) is 61.4 Å². The first-order chi connectivity index (χ1) is 18.0. The number of unbranched alkanes of at least 4 members (excludes halogenated alkanes) is 5. The van der Waals surface area contributed by atoms with Crippen LogP contribution in [0.3, 0.4) is 0 Å². The van der Waals surface area contributed by atoms with Gasteiger partial charge in [-0.05, 0) is 53.9 Å². The first kappa shape index (κ1) is 29.5. The smallest absolute Gasteiger partial charge is 0.399 e. The van der Waals surface area contributed by atoms with Crippen LogP contribution in [0.5, 0.6) is 5.75 Å². The summed E-state index contributed by atoms with van der Waals surface area (Å²) >= 11 is 0. The van der Waals surface area contributed by atoms with Crippen molar-refractivity contribution in [2.45, 2.75) is 51.1 Å². The van der Waals surface area contributed by atoms with E-state index in [0.717, 1.165) is 40.3 Å². The maximum Gasteiger partial charge on any atom is 0.399 e. The third-order valence-corrected chi connectivity index (χ3v) is 7.33. The number of carbonyl (C=O) groups is 1. The summed E-state index contributed by atoms with van der Waals surface area (Å²) < 4.78 is 45.3. The third-order valence-electron chi connectivity index (χ3n) is 6.34. The van der Waals surface area contributed by atoms with E-state index < -0.39 is 24.7 Å². The Labute approximate surface area is 222 Å². The van der Waals surface area contributed by atoms with Gasteiger partial charge in [-0.25, -0.2) is 0 Å². The fourth-order valence-corrected chi connectivity index (χ4v) is 4.48. The van der Waals surface area contributed by atoms with Gasteiger partial charge in [-0.3, -0.25) is 9.36 Å². The van der Waals surface area contributed by atoms with Gasteiger partial charge in [0.05, 0.1) is 6.61 Å². The monoisotopic (exact) mass is 545 g/mol. The molecule has 204 valence electrons. The number of anilines is 1. The van der Waals surface area contributed by atoms with Gasteiger partial charge in [0.25, 0.3) is 5.91 Å². The summed E-state index contributed by atoms with van der Waals surface area (Å²) in [6, 6.07) is 19.1. The van der Waals surface area contributed by atoms with Gasteiger partial charge >= 0.3 is 13.3 Å². The second-order valence-corrected chi connectivity index (χ2v) is 10.9. The van der Waals surface area contributed by atoms with E-state index in [2.05, 4.69) is 6.92 Å². The Morgan fingerprint density at radius 3 is 2.08 bits per heavy atom. The van der Waals surface area contributed by atoms with E-state index in [1.807, 2.05) is 24.3 Å². The van der Waals surface area contributed by atoms with Gasteiger partial charge < -0.3 is 19.4 Å². The topological polar surface area (TPSA) is 87.1 Å². The van der Waals surface area contributed by atoms with E-state index in [1.54, 1.807) is 24.3 Å². The van der Waals surface area contributed by atoms with Crippen molar-refractivity contribution in [1.29, 1.82) is 0 Å². The van der Waals surface area contributed by atoms with Crippen LogP contribution in [-0.4, -0.2) is 29.3 Å². The van der Waals surface area contributed by atoms with Gasteiger partial charge in [0, 0.05) is 23.9 Å². The van der Waals surface area contributed by atoms with E-state index in [-0.39, 0.29) is 5.69 Å². The molecule has 9 heteroatoms. The first-order valence-electron chi connectivity index (χ1n) is 12.7. The maximum atomic E-state index is 14.1. The highest BCUT2D eigenvalue weighted by atomic mass is 31.2. The van der Waals surface area contributed by atoms with E-state index in [0.29, 0.717) is 12.2 Å². The Balaban J connectivity index is 1.61. The molecule has 0 atom stereocenters. The van der Waals surface area contributed by atoms with Crippen LogP contribution in [0, 0.1) is 0 Å². The van der Waals surface area contributed by atoms with Gasteiger partial charge in [-0.15, -0.1) is 0 Å². The molecule has 3 aromatic carbocycles. The quantitative estimate of drug-likeness (QED) is 0.171. The molecule has 0 spiro atoms. The summed E-state index contributed by atoms with van der Waals surface area (Å²) in [6.45, 7) is 2.89. The van der Waals surface area contributed by atoms with Crippen LogP contribution >= 0.6 is 7.60 Å². The van der Waals surface area contributed by atoms with Crippen molar-refractivity contribution in [3.63, 3.8) is 0 Å². The standard InChI is InChI=1S/C29H34F2NO5P/c1-3-4-5-6-7-8-20-37-27-18-16-23(17-19-27)22-12-14-24(15-13-22)28(33)32(2)26-11-9-10-25(21-26)29(30,31)38(34,35)36/h9-19,21H,3-8,20H2,1-2H3,(H2,34,35,36). The molecule has 0 aliphatic rings. The zero-order valence-electron chi connectivity index (χ0n) is 21.6. The lowest BCUT2D eigenvalue weighted by Crippen LogP contribution is -2.26. The largest absolute Gasteiger partial charge is 0.494 e. The number of halogens is 2. The number of rotatable bonds is 13. The number of alkyl halides is 2. The number of benzene rings is 3. The van der Waals surface area contributed by atoms with Crippen molar-refractivity contribution in [2.24, 2.45) is 0 Å². The van der Waals surface area contributed by atoms with Crippen molar-refractivity contribution < 1.29 is 32.7 Å². The van der Waals surface area contributed by atoms with Gasteiger partial charge in [0.1, 0.15) is 5.75 Å². The van der Waals surface area contributed by atoms with Gasteiger partial charge in [0.15, 0.2) is 0 Å². The lowest BCUT2D eigenvalue weighted by Gasteiger charge is -2.22. The highest BCUT2D eigenvalue weighted by Crippen LogP contribution is 2.59. The van der Waals surface area contributed by atoms with Crippen LogP contribution in [0.4, 0.5) is 14.5 Å². The molecule has 3 rings (SSSR count). The fourth-order valence-electron chi connectivity index (χ4n) is 4.00. The minimum absolute atomic E-state index is 0.0845. The summed E-state index contributed by atoms with van der Waals surface area (Å²) in [5, 5.41) is 0. The lowest BCUT2D eigenvalue weighted by atomic mass is 10.0. The summed E-state index contributed by atoms with van der Waals surface area (Å²) in [5.41, 5.74) is -2.95. The molecule has 0 aromatic heterocycles. The average molecular weight is 546 g/mol. The van der Waals surface area contributed by atoms with Crippen molar-refractivity contribution in [1.82, 2.24) is 0 Å². The summed E-state index contributed by atoms with van der Waals surface area (Å²) in [6.07, 6.45) is 7.24. The number of ether oxygens (including phenoxy) is 1. The zero-order valence-corrected chi connectivity index (χ0v) is 22.5. The van der Waals surface area contributed by atoms with E-state index in [4.69, 9.17) is 14.5 Å². The molecule has 0 saturated heterocycles. The SMILES string of the molecule is CCCCCCCCOc1ccc(-c2ccc(C(=O)N(C)c3cccc(C(F)(F)P(=O)(O)O)c3)cc2)cc1. The highest BCUT2D eigenvalue weighted by molar-refractivity contribution is 7.52. The second-order valence-electron chi connectivity index (χ2n) is 9.22. The Morgan fingerprint density at radius 2 is 1.47 bits per heavy atom. The highest BCUT2D eigenvalue weighted by Gasteiger charge is 2.50. The average Bonchev–Trinajstić information content (AvgIpc) is 2.91. The van der Waals surface area contributed by atoms with Crippen LogP contribution in [0.25, 0.3) is 11.1 Å².